The van der Waals surface area contributed by atoms with Gasteiger partial charge in [0.25, 0.3) is 5.91 Å². The molecule has 2 rings (SSSR count). The lowest BCUT2D eigenvalue weighted by Crippen LogP contribution is -2.48. The minimum Gasteiger partial charge on any atom is -0.483 e. The fourth-order valence-electron chi connectivity index (χ4n) is 3.22. The van der Waals surface area contributed by atoms with Crippen molar-refractivity contribution in [2.24, 2.45) is 0 Å². The Morgan fingerprint density at radius 3 is 2.43 bits per heavy atom. The highest BCUT2D eigenvalue weighted by molar-refractivity contribution is 5.78. The molecule has 0 unspecified atom stereocenters. The summed E-state index contributed by atoms with van der Waals surface area (Å²) in [6.45, 7) is 8.20. The topological polar surface area (TPSA) is 77.1 Å². The second-order valence-corrected chi connectivity index (χ2v) is 7.21. The summed E-state index contributed by atoms with van der Waals surface area (Å²) in [6, 6.07) is 4.14. The second-order valence-electron chi connectivity index (χ2n) is 7.21. The van der Waals surface area contributed by atoms with Crippen molar-refractivity contribution >= 4 is 11.8 Å². The van der Waals surface area contributed by atoms with E-state index in [9.17, 15) is 9.59 Å². The third-order valence-electron chi connectivity index (χ3n) is 5.09. The number of hydrogen-bond donors (Lipinski definition) is 1. The molecule has 0 spiro atoms. The van der Waals surface area contributed by atoms with Gasteiger partial charge in [-0.15, -0.1) is 0 Å². The zero-order valence-electron chi connectivity index (χ0n) is 17.4. The Bertz CT molecular complexity index is 669. The lowest BCUT2D eigenvalue weighted by Gasteiger charge is -2.32. The van der Waals surface area contributed by atoms with Crippen LogP contribution in [0.4, 0.5) is 0 Å². The maximum Gasteiger partial charge on any atom is 0.260 e. The van der Waals surface area contributed by atoms with Crippen molar-refractivity contribution in [3.05, 3.63) is 28.8 Å². The molecule has 7 nitrogen and oxygen atoms in total. The molecule has 1 fully saturated rings. The molecule has 1 aliphatic heterocycles. The van der Waals surface area contributed by atoms with E-state index in [0.29, 0.717) is 26.3 Å². The zero-order valence-corrected chi connectivity index (χ0v) is 17.4. The summed E-state index contributed by atoms with van der Waals surface area (Å²) in [6.07, 6.45) is 1.47. The van der Waals surface area contributed by atoms with Crippen LogP contribution in [0.25, 0.3) is 0 Å². The van der Waals surface area contributed by atoms with E-state index in [1.807, 2.05) is 26.8 Å². The molecule has 2 amide bonds. The molecule has 1 N–H and O–H groups in total. The predicted molar refractivity (Wildman–Crippen MR) is 107 cm³/mol. The van der Waals surface area contributed by atoms with Crippen LogP contribution in [0.15, 0.2) is 12.1 Å². The monoisotopic (exact) mass is 392 g/mol. The van der Waals surface area contributed by atoms with Crippen molar-refractivity contribution in [1.82, 2.24) is 10.2 Å². The number of likely N-dealkylation sites (tertiary alicyclic amines) is 1. The molecule has 0 saturated carbocycles. The first-order valence-corrected chi connectivity index (χ1v) is 9.75. The van der Waals surface area contributed by atoms with Crippen LogP contribution in [0.1, 0.15) is 29.5 Å². The molecule has 1 aromatic rings. The Morgan fingerprint density at radius 1 is 1.07 bits per heavy atom. The number of nitrogens with one attached hydrogen (secondary N) is 1. The SMILES string of the molecule is COCCOCC(=O)NC1CCN(C(=O)COc2c(C)ccc(C)c2C)CC1. The molecular weight excluding hydrogens is 360 g/mol. The normalized spacial score (nSPS) is 14.8. The van der Waals surface area contributed by atoms with E-state index in [-0.39, 0.29) is 31.1 Å². The molecule has 0 bridgehead atoms. The lowest BCUT2D eigenvalue weighted by atomic mass is 10.0. The van der Waals surface area contributed by atoms with Crippen molar-refractivity contribution < 1.29 is 23.8 Å². The van der Waals surface area contributed by atoms with Gasteiger partial charge in [-0.25, -0.2) is 0 Å². The van der Waals surface area contributed by atoms with Gasteiger partial charge in [-0.3, -0.25) is 9.59 Å². The van der Waals surface area contributed by atoms with Gasteiger partial charge in [0.05, 0.1) is 13.2 Å². The summed E-state index contributed by atoms with van der Waals surface area (Å²) in [5.41, 5.74) is 3.25. The number of aryl methyl sites for hydroxylation is 2. The zero-order chi connectivity index (χ0) is 20.5. The second kappa shape index (κ2) is 11.0. The highest BCUT2D eigenvalue weighted by Crippen LogP contribution is 2.25. The molecule has 0 aliphatic carbocycles. The average Bonchev–Trinajstić information content (AvgIpc) is 2.68. The molecule has 1 aromatic carbocycles. The summed E-state index contributed by atoms with van der Waals surface area (Å²) in [4.78, 5) is 26.2. The minimum absolute atomic E-state index is 0.0204. The number of carbonyl (C=O) groups is 2. The predicted octanol–water partition coefficient (Wildman–Crippen LogP) is 1.76. The molecule has 1 saturated heterocycles. The number of ether oxygens (including phenoxy) is 3. The fraction of sp³-hybridized carbons (Fsp3) is 0.619. The first kappa shape index (κ1) is 22.2. The van der Waals surface area contributed by atoms with Crippen LogP contribution in [0, 0.1) is 20.8 Å². The summed E-state index contributed by atoms with van der Waals surface area (Å²) in [7, 11) is 1.59. The van der Waals surface area contributed by atoms with Crippen LogP contribution < -0.4 is 10.1 Å². The van der Waals surface area contributed by atoms with Crippen LogP contribution >= 0.6 is 0 Å². The van der Waals surface area contributed by atoms with E-state index in [1.165, 1.54) is 0 Å². The quantitative estimate of drug-likeness (QED) is 0.648. The largest absolute Gasteiger partial charge is 0.483 e. The highest BCUT2D eigenvalue weighted by Gasteiger charge is 2.24. The number of nitrogens with zero attached hydrogens (tertiary/aromatic N) is 1. The van der Waals surface area contributed by atoms with E-state index in [4.69, 9.17) is 14.2 Å². The lowest BCUT2D eigenvalue weighted by molar-refractivity contribution is -0.134. The van der Waals surface area contributed by atoms with Crippen LogP contribution in [0.2, 0.25) is 0 Å². The number of benzene rings is 1. The van der Waals surface area contributed by atoms with E-state index in [0.717, 1.165) is 35.3 Å². The average molecular weight is 392 g/mol. The molecule has 156 valence electrons. The number of piperidine rings is 1. The standard InChI is InChI=1S/C21H32N2O5/c1-15-5-6-16(2)21(17(15)3)28-14-20(25)23-9-7-18(8-10-23)22-19(24)13-27-12-11-26-4/h5-6,18H,7-14H2,1-4H3,(H,22,24). The van der Waals surface area contributed by atoms with Gasteiger partial charge in [0, 0.05) is 26.2 Å². The third-order valence-corrected chi connectivity index (χ3v) is 5.09. The van der Waals surface area contributed by atoms with Crippen LogP contribution in [0.5, 0.6) is 5.75 Å². The van der Waals surface area contributed by atoms with Gasteiger partial charge in [0.2, 0.25) is 5.91 Å². The van der Waals surface area contributed by atoms with E-state index < -0.39 is 0 Å². The first-order valence-electron chi connectivity index (χ1n) is 9.75. The maximum absolute atomic E-state index is 12.5. The Morgan fingerprint density at radius 2 is 1.75 bits per heavy atom. The first-order chi connectivity index (χ1) is 13.4. The summed E-state index contributed by atoms with van der Waals surface area (Å²) < 4.78 is 15.9. The molecule has 7 heteroatoms. The van der Waals surface area contributed by atoms with Gasteiger partial charge in [-0.2, -0.15) is 0 Å². The number of methoxy groups -OCH3 is 1. The van der Waals surface area contributed by atoms with Crippen molar-refractivity contribution in [2.45, 2.75) is 39.7 Å². The molecule has 28 heavy (non-hydrogen) atoms. The van der Waals surface area contributed by atoms with Crippen molar-refractivity contribution in [3.8, 4) is 5.75 Å². The molecule has 1 heterocycles. The Labute approximate surface area is 167 Å². The Balaban J connectivity index is 1.72. The van der Waals surface area contributed by atoms with Gasteiger partial charge in [-0.1, -0.05) is 12.1 Å². The number of rotatable bonds is 9. The molecule has 0 aromatic heterocycles. The van der Waals surface area contributed by atoms with Gasteiger partial charge in [0.1, 0.15) is 12.4 Å². The summed E-state index contributed by atoms with van der Waals surface area (Å²) in [5, 5.41) is 2.96. The van der Waals surface area contributed by atoms with Crippen molar-refractivity contribution in [3.63, 3.8) is 0 Å². The maximum atomic E-state index is 12.5. The van der Waals surface area contributed by atoms with E-state index in [2.05, 4.69) is 11.4 Å². The van der Waals surface area contributed by atoms with E-state index >= 15 is 0 Å². The van der Waals surface area contributed by atoms with E-state index in [1.54, 1.807) is 12.0 Å². The molecular formula is C21H32N2O5. The van der Waals surface area contributed by atoms with Crippen LogP contribution in [0.3, 0.4) is 0 Å². The number of amides is 2. The fourth-order valence-corrected chi connectivity index (χ4v) is 3.22. The van der Waals surface area contributed by atoms with Crippen LogP contribution in [-0.4, -0.2) is 69.4 Å². The molecule has 0 radical (unpaired) electrons. The minimum atomic E-state index is -0.130. The molecule has 0 atom stereocenters. The highest BCUT2D eigenvalue weighted by atomic mass is 16.5. The van der Waals surface area contributed by atoms with Gasteiger partial charge < -0.3 is 24.4 Å². The van der Waals surface area contributed by atoms with Crippen molar-refractivity contribution in [2.75, 3.05) is 46.6 Å². The third kappa shape index (κ3) is 6.49. The Kier molecular flexibility index (Phi) is 8.73. The number of hydrogen-bond acceptors (Lipinski definition) is 5. The van der Waals surface area contributed by atoms with Gasteiger partial charge >= 0.3 is 0 Å². The summed E-state index contributed by atoms with van der Waals surface area (Å²) in [5.74, 6) is 0.645. The van der Waals surface area contributed by atoms with Crippen LogP contribution in [-0.2, 0) is 19.1 Å². The Hall–Kier alpha value is -2.12. The number of carbonyl (C=O) groups excluding carboxylic acids is 2. The van der Waals surface area contributed by atoms with Crippen molar-refractivity contribution in [1.29, 1.82) is 0 Å². The van der Waals surface area contributed by atoms with Gasteiger partial charge in [0.15, 0.2) is 6.61 Å². The smallest absolute Gasteiger partial charge is 0.260 e. The summed E-state index contributed by atoms with van der Waals surface area (Å²) >= 11 is 0. The molecule has 1 aliphatic rings. The van der Waals surface area contributed by atoms with Gasteiger partial charge in [-0.05, 0) is 50.3 Å².